The lowest BCUT2D eigenvalue weighted by Crippen LogP contribution is -2.56. The molecule has 114 valence electrons. The minimum absolute atomic E-state index is 0.101. The van der Waals surface area contributed by atoms with E-state index in [1.807, 2.05) is 18.2 Å². The number of rotatable bonds is 3. The maximum absolute atomic E-state index is 12.7. The lowest BCUT2D eigenvalue weighted by Gasteiger charge is -2.33. The number of benzene rings is 1. The molecule has 1 aliphatic rings. The maximum Gasteiger partial charge on any atom is 0.253 e. The summed E-state index contributed by atoms with van der Waals surface area (Å²) in [6.07, 6.45) is 6.11. The van der Waals surface area contributed by atoms with Crippen LogP contribution in [0.1, 0.15) is 48.9 Å². The lowest BCUT2D eigenvalue weighted by molar-refractivity contribution is 0.0916. The van der Waals surface area contributed by atoms with Gasteiger partial charge in [0.1, 0.15) is 0 Å². The Kier molecular flexibility index (Phi) is 6.02. The number of hydrogen-bond acceptors (Lipinski definition) is 2. The van der Waals surface area contributed by atoms with E-state index in [1.165, 1.54) is 12.8 Å². The van der Waals surface area contributed by atoms with Gasteiger partial charge in [0.15, 0.2) is 0 Å². The molecule has 1 aromatic carbocycles. The zero-order valence-corrected chi connectivity index (χ0v) is 16.2. The molecule has 0 saturated heterocycles. The number of nitrogens with two attached hydrogens (primary N) is 1. The molecule has 1 aromatic rings. The first-order valence-corrected chi connectivity index (χ1v) is 9.30. The van der Waals surface area contributed by atoms with Gasteiger partial charge in [0.25, 0.3) is 5.91 Å². The van der Waals surface area contributed by atoms with Gasteiger partial charge < -0.3 is 11.1 Å². The number of carbonyl (C=O) groups excluding carboxylic acids is 1. The van der Waals surface area contributed by atoms with E-state index in [2.05, 4.69) is 43.8 Å². The van der Waals surface area contributed by atoms with Crippen LogP contribution in [-0.2, 0) is 0 Å². The van der Waals surface area contributed by atoms with Gasteiger partial charge in [0.2, 0.25) is 0 Å². The molecule has 1 saturated carbocycles. The van der Waals surface area contributed by atoms with Crippen LogP contribution in [0.3, 0.4) is 0 Å². The second-order valence-corrected chi connectivity index (χ2v) is 7.96. The zero-order valence-electron chi connectivity index (χ0n) is 11.6. The molecule has 0 aromatic heterocycles. The summed E-state index contributed by atoms with van der Waals surface area (Å²) in [4.78, 5) is 13.1. The van der Waals surface area contributed by atoms with Gasteiger partial charge in [-0.25, -0.2) is 0 Å². The summed E-state index contributed by atoms with van der Waals surface area (Å²) in [7, 11) is 0. The molecule has 3 nitrogen and oxygen atoms in total. The van der Waals surface area contributed by atoms with Crippen LogP contribution in [0, 0.1) is 3.57 Å². The van der Waals surface area contributed by atoms with Crippen LogP contribution in [0.2, 0.25) is 0 Å². The predicted molar refractivity (Wildman–Crippen MR) is 102 cm³/mol. The lowest BCUT2D eigenvalue weighted by atomic mass is 9.89. The van der Waals surface area contributed by atoms with E-state index < -0.39 is 5.54 Å². The van der Waals surface area contributed by atoms with Crippen LogP contribution in [-0.4, -0.2) is 16.4 Å². The number of carbonyl (C=O) groups is 1. The van der Waals surface area contributed by atoms with Crippen molar-refractivity contribution in [1.29, 1.82) is 0 Å². The molecule has 3 N–H and O–H groups in total. The molecule has 0 heterocycles. The van der Waals surface area contributed by atoms with Gasteiger partial charge in [0.05, 0.1) is 16.1 Å². The Hall–Kier alpha value is -0.210. The molecule has 0 aliphatic heterocycles. The van der Waals surface area contributed by atoms with Crippen LogP contribution >= 0.6 is 50.7 Å². The summed E-state index contributed by atoms with van der Waals surface area (Å²) >= 11 is 10.8. The van der Waals surface area contributed by atoms with Crippen molar-refractivity contribution in [3.63, 3.8) is 0 Å². The van der Waals surface area contributed by atoms with Gasteiger partial charge in [-0.1, -0.05) is 53.8 Å². The summed E-state index contributed by atoms with van der Waals surface area (Å²) < 4.78 is 1.80. The molecule has 2 rings (SSSR count). The third-order valence-corrected chi connectivity index (χ3v) is 5.78. The first-order valence-electron chi connectivity index (χ1n) is 7.02. The molecule has 1 aliphatic carbocycles. The van der Waals surface area contributed by atoms with Crippen LogP contribution in [0.4, 0.5) is 0 Å². The molecular formula is C15H18BrIN2OS. The Morgan fingerprint density at radius 3 is 2.48 bits per heavy atom. The average Bonchev–Trinajstić information content (AvgIpc) is 2.68. The molecule has 21 heavy (non-hydrogen) atoms. The van der Waals surface area contributed by atoms with Crippen molar-refractivity contribution in [3.05, 3.63) is 31.8 Å². The van der Waals surface area contributed by atoms with E-state index in [1.54, 1.807) is 0 Å². The van der Waals surface area contributed by atoms with Crippen molar-refractivity contribution >= 4 is 61.6 Å². The number of halogens is 2. The SMILES string of the molecule is NC(=S)C1(NC(=O)c2cc(Br)ccc2I)CCCCCC1. The Labute approximate surface area is 152 Å². The molecule has 0 atom stereocenters. The fraction of sp³-hybridized carbons (Fsp3) is 0.467. The smallest absolute Gasteiger partial charge is 0.253 e. The van der Waals surface area contributed by atoms with Crippen molar-refractivity contribution in [2.75, 3.05) is 0 Å². The van der Waals surface area contributed by atoms with Crippen molar-refractivity contribution in [2.24, 2.45) is 5.73 Å². The second kappa shape index (κ2) is 7.37. The van der Waals surface area contributed by atoms with Crippen LogP contribution in [0.15, 0.2) is 22.7 Å². The quantitative estimate of drug-likeness (QED) is 0.388. The van der Waals surface area contributed by atoms with Gasteiger partial charge in [-0.15, -0.1) is 0 Å². The Balaban J connectivity index is 2.26. The first-order chi connectivity index (χ1) is 9.94. The highest BCUT2D eigenvalue weighted by Gasteiger charge is 2.36. The Morgan fingerprint density at radius 1 is 1.29 bits per heavy atom. The number of nitrogens with one attached hydrogen (secondary N) is 1. The topological polar surface area (TPSA) is 55.1 Å². The van der Waals surface area contributed by atoms with Crippen LogP contribution < -0.4 is 11.1 Å². The minimum Gasteiger partial charge on any atom is -0.391 e. The highest BCUT2D eigenvalue weighted by atomic mass is 127. The summed E-state index contributed by atoms with van der Waals surface area (Å²) in [6, 6.07) is 5.68. The average molecular weight is 481 g/mol. The van der Waals surface area contributed by atoms with E-state index in [4.69, 9.17) is 18.0 Å². The zero-order chi connectivity index (χ0) is 15.5. The van der Waals surface area contributed by atoms with Crippen molar-refractivity contribution in [1.82, 2.24) is 5.32 Å². The van der Waals surface area contributed by atoms with Crippen LogP contribution in [0.5, 0.6) is 0 Å². The maximum atomic E-state index is 12.7. The predicted octanol–water partition coefficient (Wildman–Crippen LogP) is 4.16. The first kappa shape index (κ1) is 17.1. The van der Waals surface area contributed by atoms with Gasteiger partial charge in [-0.2, -0.15) is 0 Å². The Morgan fingerprint density at radius 2 is 1.90 bits per heavy atom. The molecule has 0 radical (unpaired) electrons. The van der Waals surface area contributed by atoms with Gasteiger partial charge in [-0.05, 0) is 53.6 Å². The highest BCUT2D eigenvalue weighted by Crippen LogP contribution is 2.28. The van der Waals surface area contributed by atoms with E-state index in [-0.39, 0.29) is 5.91 Å². The van der Waals surface area contributed by atoms with Gasteiger partial charge in [0, 0.05) is 8.04 Å². The highest BCUT2D eigenvalue weighted by molar-refractivity contribution is 14.1. The normalized spacial score (nSPS) is 17.8. The second-order valence-electron chi connectivity index (χ2n) is 5.44. The summed E-state index contributed by atoms with van der Waals surface area (Å²) in [5.74, 6) is -0.101. The molecule has 1 amide bonds. The number of hydrogen-bond donors (Lipinski definition) is 2. The fourth-order valence-corrected chi connectivity index (χ4v) is 3.92. The molecule has 0 unspecified atom stereocenters. The standard InChI is InChI=1S/C15H18BrIN2OS/c16-10-5-6-12(17)11(9-10)13(20)19-15(14(18)21)7-3-1-2-4-8-15/h5-6,9H,1-4,7-8H2,(H2,18,21)(H,19,20). The monoisotopic (exact) mass is 480 g/mol. The number of thiocarbonyl (C=S) groups is 1. The Bertz CT molecular complexity index is 557. The van der Waals surface area contributed by atoms with Crippen molar-refractivity contribution in [3.8, 4) is 0 Å². The van der Waals surface area contributed by atoms with Gasteiger partial charge >= 0.3 is 0 Å². The third kappa shape index (κ3) is 4.16. The fourth-order valence-electron chi connectivity index (χ4n) is 2.72. The summed E-state index contributed by atoms with van der Waals surface area (Å²) in [5.41, 5.74) is 6.10. The summed E-state index contributed by atoms with van der Waals surface area (Å²) in [6.45, 7) is 0. The summed E-state index contributed by atoms with van der Waals surface area (Å²) in [5, 5.41) is 3.13. The molecular weight excluding hydrogens is 463 g/mol. The molecule has 0 spiro atoms. The third-order valence-electron chi connectivity index (χ3n) is 3.95. The van der Waals surface area contributed by atoms with Crippen molar-refractivity contribution in [2.45, 2.75) is 44.1 Å². The molecule has 0 bridgehead atoms. The van der Waals surface area contributed by atoms with E-state index in [0.29, 0.717) is 10.6 Å². The van der Waals surface area contributed by atoms with Crippen LogP contribution in [0.25, 0.3) is 0 Å². The van der Waals surface area contributed by atoms with Gasteiger partial charge in [-0.3, -0.25) is 4.79 Å². The van der Waals surface area contributed by atoms with Crippen molar-refractivity contribution < 1.29 is 4.79 Å². The molecule has 1 fully saturated rings. The molecule has 6 heteroatoms. The van der Waals surface area contributed by atoms with E-state index >= 15 is 0 Å². The van der Waals surface area contributed by atoms with E-state index in [9.17, 15) is 4.79 Å². The largest absolute Gasteiger partial charge is 0.391 e. The van der Waals surface area contributed by atoms with E-state index in [0.717, 1.165) is 33.7 Å². The minimum atomic E-state index is -0.533. The number of amides is 1.